The van der Waals surface area contributed by atoms with E-state index < -0.39 is 0 Å². The Bertz CT molecular complexity index is 779. The van der Waals surface area contributed by atoms with Crippen molar-refractivity contribution in [2.45, 2.75) is 32.0 Å². The third-order valence-electron chi connectivity index (χ3n) is 4.61. The quantitative estimate of drug-likeness (QED) is 0.725. The van der Waals surface area contributed by atoms with Crippen LogP contribution < -0.4 is 4.74 Å². The van der Waals surface area contributed by atoms with Crippen molar-refractivity contribution in [2.24, 2.45) is 0 Å². The van der Waals surface area contributed by atoms with Crippen LogP contribution >= 0.6 is 0 Å². The summed E-state index contributed by atoms with van der Waals surface area (Å²) in [7, 11) is 1.69. The summed E-state index contributed by atoms with van der Waals surface area (Å²) >= 11 is 0. The molecule has 1 fully saturated rings. The van der Waals surface area contributed by atoms with Gasteiger partial charge in [0.15, 0.2) is 0 Å². The molecule has 5 heteroatoms. The maximum atomic E-state index is 6.00. The fraction of sp³-hybridized carbons (Fsp3) is 0.389. The van der Waals surface area contributed by atoms with Gasteiger partial charge in [0.1, 0.15) is 17.1 Å². The second kappa shape index (κ2) is 6.08. The van der Waals surface area contributed by atoms with Crippen molar-refractivity contribution in [2.75, 3.05) is 13.7 Å². The van der Waals surface area contributed by atoms with E-state index in [4.69, 9.17) is 9.15 Å². The number of hydrogen-bond acceptors (Lipinski definition) is 4. The highest BCUT2D eigenvalue weighted by Gasteiger charge is 2.25. The number of aromatic nitrogens is 2. The van der Waals surface area contributed by atoms with E-state index >= 15 is 0 Å². The zero-order valence-corrected chi connectivity index (χ0v) is 13.3. The van der Waals surface area contributed by atoms with Crippen LogP contribution in [0.1, 0.15) is 18.6 Å². The lowest BCUT2D eigenvalue weighted by molar-refractivity contribution is 0.209. The van der Waals surface area contributed by atoms with Gasteiger partial charge in [-0.2, -0.15) is 0 Å². The van der Waals surface area contributed by atoms with Crippen molar-refractivity contribution in [3.8, 4) is 5.75 Å². The van der Waals surface area contributed by atoms with E-state index in [1.54, 1.807) is 7.11 Å². The zero-order valence-electron chi connectivity index (χ0n) is 13.3. The predicted octanol–water partition coefficient (Wildman–Crippen LogP) is 3.30. The molecule has 0 N–H and O–H groups in total. The second-order valence-electron chi connectivity index (χ2n) is 6.14. The molecule has 1 aliphatic rings. The molecular formula is C18H21N3O2. The molecule has 4 rings (SSSR count). The van der Waals surface area contributed by atoms with Gasteiger partial charge in [0.05, 0.1) is 20.0 Å². The van der Waals surface area contributed by atoms with Crippen molar-refractivity contribution in [3.05, 3.63) is 48.7 Å². The van der Waals surface area contributed by atoms with E-state index in [-0.39, 0.29) is 0 Å². The molecule has 3 heterocycles. The normalized spacial score (nSPS) is 18.7. The highest BCUT2D eigenvalue weighted by atomic mass is 16.5. The van der Waals surface area contributed by atoms with Gasteiger partial charge in [-0.25, -0.2) is 4.98 Å². The van der Waals surface area contributed by atoms with Crippen molar-refractivity contribution < 1.29 is 9.15 Å². The van der Waals surface area contributed by atoms with Crippen LogP contribution in [0.2, 0.25) is 0 Å². The molecule has 1 unspecified atom stereocenters. The minimum Gasteiger partial charge on any atom is -0.497 e. The fourth-order valence-electron chi connectivity index (χ4n) is 3.43. The summed E-state index contributed by atoms with van der Waals surface area (Å²) in [5.74, 6) is 1.88. The van der Waals surface area contributed by atoms with Crippen LogP contribution in [0.25, 0.3) is 11.0 Å². The number of imidazole rings is 1. The maximum absolute atomic E-state index is 6.00. The van der Waals surface area contributed by atoms with E-state index in [0.29, 0.717) is 6.04 Å². The molecule has 0 saturated carbocycles. The molecule has 0 spiro atoms. The zero-order chi connectivity index (χ0) is 15.6. The van der Waals surface area contributed by atoms with Crippen LogP contribution in [0.4, 0.5) is 0 Å². The maximum Gasteiger partial charge on any atom is 0.134 e. The Morgan fingerprint density at radius 2 is 2.30 bits per heavy atom. The smallest absolute Gasteiger partial charge is 0.134 e. The number of hydrogen-bond donors (Lipinski definition) is 0. The number of ether oxygens (including phenoxy) is 1. The van der Waals surface area contributed by atoms with Crippen molar-refractivity contribution in [1.82, 2.24) is 14.5 Å². The average Bonchev–Trinajstić information content (AvgIpc) is 3.29. The Hall–Kier alpha value is -2.27. The summed E-state index contributed by atoms with van der Waals surface area (Å²) in [5, 5.41) is 1.10. The number of likely N-dealkylation sites (tertiary alicyclic amines) is 1. The Kier molecular flexibility index (Phi) is 3.79. The van der Waals surface area contributed by atoms with Crippen molar-refractivity contribution >= 4 is 11.0 Å². The number of fused-ring (bicyclic) bond motifs is 1. The molecule has 1 aromatic carbocycles. The molecule has 0 aliphatic carbocycles. The van der Waals surface area contributed by atoms with E-state index in [2.05, 4.69) is 20.5 Å². The number of furan rings is 1. The Labute approximate surface area is 135 Å². The van der Waals surface area contributed by atoms with Gasteiger partial charge < -0.3 is 13.7 Å². The molecule has 2 aromatic heterocycles. The van der Waals surface area contributed by atoms with Gasteiger partial charge in [-0.3, -0.25) is 4.90 Å². The third-order valence-corrected chi connectivity index (χ3v) is 4.61. The van der Waals surface area contributed by atoms with Crippen LogP contribution in [0.5, 0.6) is 5.75 Å². The molecule has 0 amide bonds. The first kappa shape index (κ1) is 14.3. The summed E-state index contributed by atoms with van der Waals surface area (Å²) in [6.07, 6.45) is 8.24. The number of benzene rings is 1. The summed E-state index contributed by atoms with van der Waals surface area (Å²) in [5.41, 5.74) is 0.922. The van der Waals surface area contributed by atoms with Crippen LogP contribution in [0, 0.1) is 0 Å². The van der Waals surface area contributed by atoms with Gasteiger partial charge in [0.25, 0.3) is 0 Å². The SMILES string of the molecule is COc1ccc2oc(CN3CCCC3Cn3ccnc3)cc2c1. The van der Waals surface area contributed by atoms with Gasteiger partial charge in [0, 0.05) is 30.4 Å². The Morgan fingerprint density at radius 3 is 3.13 bits per heavy atom. The van der Waals surface area contributed by atoms with Gasteiger partial charge in [-0.05, 0) is 43.7 Å². The minimum absolute atomic E-state index is 0.548. The molecule has 1 atom stereocenters. The van der Waals surface area contributed by atoms with E-state index in [9.17, 15) is 0 Å². The molecule has 5 nitrogen and oxygen atoms in total. The van der Waals surface area contributed by atoms with Crippen LogP contribution in [0.3, 0.4) is 0 Å². The van der Waals surface area contributed by atoms with E-state index in [1.807, 2.05) is 36.9 Å². The number of nitrogens with zero attached hydrogens (tertiary/aromatic N) is 3. The predicted molar refractivity (Wildman–Crippen MR) is 88.4 cm³/mol. The summed E-state index contributed by atoms with van der Waals surface area (Å²) in [6, 6.07) is 8.62. The second-order valence-corrected chi connectivity index (χ2v) is 6.14. The molecule has 1 saturated heterocycles. The average molecular weight is 311 g/mol. The van der Waals surface area contributed by atoms with Crippen LogP contribution in [-0.4, -0.2) is 34.1 Å². The lowest BCUT2D eigenvalue weighted by atomic mass is 10.2. The van der Waals surface area contributed by atoms with Gasteiger partial charge >= 0.3 is 0 Å². The molecule has 0 radical (unpaired) electrons. The van der Waals surface area contributed by atoms with Gasteiger partial charge in [-0.1, -0.05) is 0 Å². The van der Waals surface area contributed by atoms with Crippen LogP contribution in [0.15, 0.2) is 47.4 Å². The topological polar surface area (TPSA) is 43.4 Å². The fourth-order valence-corrected chi connectivity index (χ4v) is 3.43. The number of rotatable bonds is 5. The lowest BCUT2D eigenvalue weighted by Crippen LogP contribution is -2.32. The van der Waals surface area contributed by atoms with Gasteiger partial charge in [0.2, 0.25) is 0 Å². The number of methoxy groups -OCH3 is 1. The third kappa shape index (κ3) is 2.97. The molecule has 1 aliphatic heterocycles. The largest absolute Gasteiger partial charge is 0.497 e. The minimum atomic E-state index is 0.548. The molecular weight excluding hydrogens is 290 g/mol. The highest BCUT2D eigenvalue weighted by Crippen LogP contribution is 2.27. The van der Waals surface area contributed by atoms with Gasteiger partial charge in [-0.15, -0.1) is 0 Å². The summed E-state index contributed by atoms with van der Waals surface area (Å²) in [6.45, 7) is 2.98. The first-order valence-electron chi connectivity index (χ1n) is 8.08. The summed E-state index contributed by atoms with van der Waals surface area (Å²) in [4.78, 5) is 6.64. The standard InChI is InChI=1S/C18H21N3O2/c1-22-16-4-5-18-14(9-16)10-17(23-18)12-21-7-2-3-15(21)11-20-8-6-19-13-20/h4-6,8-10,13,15H,2-3,7,11-12H2,1H3. The lowest BCUT2D eigenvalue weighted by Gasteiger charge is -2.23. The first-order chi connectivity index (χ1) is 11.3. The van der Waals surface area contributed by atoms with E-state index in [0.717, 1.165) is 42.1 Å². The van der Waals surface area contributed by atoms with E-state index in [1.165, 1.54) is 12.8 Å². The molecule has 3 aromatic rings. The monoisotopic (exact) mass is 311 g/mol. The molecule has 23 heavy (non-hydrogen) atoms. The molecule has 0 bridgehead atoms. The Morgan fingerprint density at radius 1 is 1.35 bits per heavy atom. The van der Waals surface area contributed by atoms with Crippen molar-refractivity contribution in [3.63, 3.8) is 0 Å². The highest BCUT2D eigenvalue weighted by molar-refractivity contribution is 5.79. The Balaban J connectivity index is 1.50. The van der Waals surface area contributed by atoms with Crippen molar-refractivity contribution in [1.29, 1.82) is 0 Å². The summed E-state index contributed by atoms with van der Waals surface area (Å²) < 4.78 is 13.4. The van der Waals surface area contributed by atoms with Crippen LogP contribution in [-0.2, 0) is 13.1 Å². The molecule has 120 valence electrons. The first-order valence-corrected chi connectivity index (χ1v) is 8.08.